The number of hydrogen-bond donors (Lipinski definition) is 2. The normalized spacial score (nSPS) is 10.7. The van der Waals surface area contributed by atoms with Crippen LogP contribution >= 0.6 is 39.1 Å². The number of rotatable bonds is 9. The third-order valence-electron chi connectivity index (χ3n) is 4.31. The number of halogens is 3. The number of benzene rings is 3. The fourth-order valence-electron chi connectivity index (χ4n) is 2.78. The van der Waals surface area contributed by atoms with E-state index in [1.165, 1.54) is 6.21 Å². The zero-order valence-electron chi connectivity index (χ0n) is 18.0. The highest BCUT2D eigenvalue weighted by Crippen LogP contribution is 2.36. The van der Waals surface area contributed by atoms with Crippen LogP contribution in [0.25, 0.3) is 0 Å². The van der Waals surface area contributed by atoms with Gasteiger partial charge >= 0.3 is 0 Å². The Morgan fingerprint density at radius 3 is 2.50 bits per heavy atom. The van der Waals surface area contributed by atoms with Gasteiger partial charge in [-0.15, -0.1) is 0 Å². The smallest absolute Gasteiger partial charge is 0.271 e. The summed E-state index contributed by atoms with van der Waals surface area (Å²) in [5.41, 5.74) is 4.02. The van der Waals surface area contributed by atoms with E-state index in [9.17, 15) is 9.59 Å². The maximum atomic E-state index is 12.3. The van der Waals surface area contributed by atoms with Gasteiger partial charge in [0.15, 0.2) is 18.1 Å². The molecule has 0 radical (unpaired) electrons. The summed E-state index contributed by atoms with van der Waals surface area (Å²) in [7, 11) is 0. The van der Waals surface area contributed by atoms with Crippen LogP contribution in [-0.2, 0) is 4.79 Å². The predicted molar refractivity (Wildman–Crippen MR) is 137 cm³/mol. The molecule has 0 saturated heterocycles. The summed E-state index contributed by atoms with van der Waals surface area (Å²) in [5.74, 6) is 0.0194. The largest absolute Gasteiger partial charge is 0.490 e. The Bertz CT molecular complexity index is 1200. The van der Waals surface area contributed by atoms with Crippen molar-refractivity contribution < 1.29 is 19.1 Å². The van der Waals surface area contributed by atoms with E-state index in [0.717, 1.165) is 0 Å². The van der Waals surface area contributed by atoms with Crippen LogP contribution in [0.15, 0.2) is 70.2 Å². The van der Waals surface area contributed by atoms with Gasteiger partial charge < -0.3 is 14.8 Å². The summed E-state index contributed by atoms with van der Waals surface area (Å²) >= 11 is 15.3. The lowest BCUT2D eigenvalue weighted by atomic mass is 10.2. The van der Waals surface area contributed by atoms with Crippen molar-refractivity contribution in [2.24, 2.45) is 5.10 Å². The highest BCUT2D eigenvalue weighted by atomic mass is 79.9. The molecule has 2 N–H and O–H groups in total. The van der Waals surface area contributed by atoms with Gasteiger partial charge in [-0.05, 0) is 76.9 Å². The molecule has 34 heavy (non-hydrogen) atoms. The van der Waals surface area contributed by atoms with E-state index in [-0.39, 0.29) is 18.4 Å². The van der Waals surface area contributed by atoms with Gasteiger partial charge in [0, 0.05) is 10.6 Å². The first kappa shape index (κ1) is 25.6. The average molecular weight is 565 g/mol. The molecule has 0 aliphatic rings. The van der Waals surface area contributed by atoms with Gasteiger partial charge in [0.25, 0.3) is 11.8 Å². The molecular formula is C24H20BrCl2N3O4. The van der Waals surface area contributed by atoms with Crippen molar-refractivity contribution in [3.05, 3.63) is 86.3 Å². The van der Waals surface area contributed by atoms with Crippen LogP contribution in [0.5, 0.6) is 11.5 Å². The SMILES string of the molecule is CCOc1cc(/C=N/NC(=O)c2ccc(Cl)cc2)cc(Br)c1OCC(=O)Nc1ccccc1Cl. The van der Waals surface area contributed by atoms with Crippen molar-refractivity contribution in [1.29, 1.82) is 0 Å². The Hall–Kier alpha value is -3.07. The van der Waals surface area contributed by atoms with Gasteiger partial charge in [-0.3, -0.25) is 9.59 Å². The minimum Gasteiger partial charge on any atom is -0.490 e. The van der Waals surface area contributed by atoms with Crippen LogP contribution in [0.2, 0.25) is 10.0 Å². The summed E-state index contributed by atoms with van der Waals surface area (Å²) in [6.45, 7) is 1.95. The van der Waals surface area contributed by atoms with E-state index in [2.05, 4.69) is 31.8 Å². The molecule has 10 heteroatoms. The first-order chi connectivity index (χ1) is 16.4. The number of carbonyl (C=O) groups is 2. The van der Waals surface area contributed by atoms with Crippen LogP contribution in [0.4, 0.5) is 5.69 Å². The summed E-state index contributed by atoms with van der Waals surface area (Å²) in [6, 6.07) is 16.8. The van der Waals surface area contributed by atoms with E-state index in [4.69, 9.17) is 32.7 Å². The van der Waals surface area contributed by atoms with Gasteiger partial charge in [-0.1, -0.05) is 35.3 Å². The molecule has 0 aliphatic carbocycles. The molecule has 0 unspecified atom stereocenters. The zero-order valence-corrected chi connectivity index (χ0v) is 21.1. The second-order valence-corrected chi connectivity index (χ2v) is 8.48. The monoisotopic (exact) mass is 563 g/mol. The van der Waals surface area contributed by atoms with Gasteiger partial charge in [0.2, 0.25) is 0 Å². The number of amides is 2. The molecule has 3 aromatic rings. The highest BCUT2D eigenvalue weighted by molar-refractivity contribution is 9.10. The number of hydrogen-bond acceptors (Lipinski definition) is 5. The number of ether oxygens (including phenoxy) is 2. The van der Waals surface area contributed by atoms with Crippen molar-refractivity contribution in [3.8, 4) is 11.5 Å². The minimum absolute atomic E-state index is 0.255. The number of para-hydroxylation sites is 1. The van der Waals surface area contributed by atoms with Crippen LogP contribution in [0.3, 0.4) is 0 Å². The molecule has 0 fully saturated rings. The number of nitrogens with zero attached hydrogens (tertiary/aromatic N) is 1. The molecule has 176 valence electrons. The van der Waals surface area contributed by atoms with Crippen molar-refractivity contribution in [2.75, 3.05) is 18.5 Å². The summed E-state index contributed by atoms with van der Waals surface area (Å²) < 4.78 is 11.9. The molecule has 0 spiro atoms. The summed E-state index contributed by atoms with van der Waals surface area (Å²) in [5, 5.41) is 7.66. The summed E-state index contributed by atoms with van der Waals surface area (Å²) in [4.78, 5) is 24.5. The van der Waals surface area contributed by atoms with E-state index < -0.39 is 0 Å². The first-order valence-corrected chi connectivity index (χ1v) is 11.6. The number of anilines is 1. The molecule has 0 bridgehead atoms. The van der Waals surface area contributed by atoms with Crippen LogP contribution in [0, 0.1) is 0 Å². The lowest BCUT2D eigenvalue weighted by molar-refractivity contribution is -0.118. The van der Waals surface area contributed by atoms with Crippen LogP contribution in [0.1, 0.15) is 22.8 Å². The molecule has 0 saturated carbocycles. The van der Waals surface area contributed by atoms with Gasteiger partial charge in [0.1, 0.15) is 0 Å². The Kier molecular flexibility index (Phi) is 9.33. The molecule has 2 amide bonds. The van der Waals surface area contributed by atoms with Crippen LogP contribution < -0.4 is 20.2 Å². The van der Waals surface area contributed by atoms with E-state index >= 15 is 0 Å². The van der Waals surface area contributed by atoms with E-state index in [1.54, 1.807) is 60.7 Å². The zero-order chi connectivity index (χ0) is 24.5. The molecule has 0 heterocycles. The molecule has 0 atom stereocenters. The Morgan fingerprint density at radius 2 is 1.79 bits per heavy atom. The topological polar surface area (TPSA) is 89.0 Å². The van der Waals surface area contributed by atoms with Gasteiger partial charge in [-0.2, -0.15) is 5.10 Å². The number of hydrazone groups is 1. The Balaban J connectivity index is 1.66. The summed E-state index contributed by atoms with van der Waals surface area (Å²) in [6.07, 6.45) is 1.47. The maximum Gasteiger partial charge on any atom is 0.271 e. The third kappa shape index (κ3) is 7.21. The fourth-order valence-corrected chi connectivity index (χ4v) is 3.67. The minimum atomic E-state index is -0.377. The van der Waals surface area contributed by atoms with E-state index in [1.807, 2.05) is 6.92 Å². The molecule has 3 aromatic carbocycles. The average Bonchev–Trinajstić information content (AvgIpc) is 2.80. The second-order valence-electron chi connectivity index (χ2n) is 6.79. The van der Waals surface area contributed by atoms with Crippen molar-refractivity contribution >= 4 is 62.8 Å². The van der Waals surface area contributed by atoms with Crippen molar-refractivity contribution in [1.82, 2.24) is 5.43 Å². The third-order valence-corrected chi connectivity index (χ3v) is 5.48. The fraction of sp³-hybridized carbons (Fsp3) is 0.125. The van der Waals surface area contributed by atoms with Crippen LogP contribution in [-0.4, -0.2) is 31.2 Å². The molecule has 0 aliphatic heterocycles. The van der Waals surface area contributed by atoms with Gasteiger partial charge in [0.05, 0.1) is 28.0 Å². The first-order valence-electron chi connectivity index (χ1n) is 10.1. The molecular weight excluding hydrogens is 545 g/mol. The molecule has 7 nitrogen and oxygen atoms in total. The Labute approximate surface area is 215 Å². The predicted octanol–water partition coefficient (Wildman–Crippen LogP) is 5.94. The van der Waals surface area contributed by atoms with Crippen molar-refractivity contribution in [2.45, 2.75) is 6.92 Å². The Morgan fingerprint density at radius 1 is 1.06 bits per heavy atom. The van der Waals surface area contributed by atoms with Crippen molar-refractivity contribution in [3.63, 3.8) is 0 Å². The lowest BCUT2D eigenvalue weighted by Gasteiger charge is -2.15. The lowest BCUT2D eigenvalue weighted by Crippen LogP contribution is -2.20. The molecule has 3 rings (SSSR count). The van der Waals surface area contributed by atoms with Gasteiger partial charge in [-0.25, -0.2) is 5.43 Å². The highest BCUT2D eigenvalue weighted by Gasteiger charge is 2.14. The number of nitrogens with one attached hydrogen (secondary N) is 2. The second kappa shape index (κ2) is 12.4. The quantitative estimate of drug-likeness (QED) is 0.249. The maximum absolute atomic E-state index is 12.3. The molecule has 0 aromatic heterocycles. The van der Waals surface area contributed by atoms with E-state index in [0.29, 0.717) is 49.4 Å². The number of carbonyl (C=O) groups excluding carboxylic acids is 2. The standard InChI is InChI=1S/C24H20BrCl2N3O4/c1-2-33-21-12-15(13-28-30-24(32)16-7-9-17(26)10-8-16)11-18(25)23(21)34-14-22(31)29-20-6-4-3-5-19(20)27/h3-13H,2,14H2,1H3,(H,29,31)(H,30,32)/b28-13+.